The normalized spacial score (nSPS) is 20.1. The third kappa shape index (κ3) is 2.85. The molecular formula is C16H18N6O3S2. The first-order chi connectivity index (χ1) is 13.1. The van der Waals surface area contributed by atoms with Crippen molar-refractivity contribution in [1.29, 1.82) is 0 Å². The molecule has 4 heterocycles. The van der Waals surface area contributed by atoms with E-state index in [0.717, 1.165) is 43.6 Å². The van der Waals surface area contributed by atoms with Crippen LogP contribution in [0.15, 0.2) is 29.4 Å². The number of aromatic nitrogens is 5. The second kappa shape index (κ2) is 6.59. The topological polar surface area (TPSA) is 103 Å². The summed E-state index contributed by atoms with van der Waals surface area (Å²) in [7, 11) is -3.60. The number of hydrogen-bond donors (Lipinski definition) is 0. The Kier molecular flexibility index (Phi) is 4.19. The lowest BCUT2D eigenvalue weighted by Crippen LogP contribution is -2.50. The van der Waals surface area contributed by atoms with Gasteiger partial charge in [0.15, 0.2) is 0 Å². The summed E-state index contributed by atoms with van der Waals surface area (Å²) >= 11 is 1.02. The molecule has 2 fully saturated rings. The standard InChI is InChI=1S/C16H18N6O3S2/c23-27(24,14-3-1-2-13-15(14)20-26-19-13)21-8-12(9-21)22-10-17-18-16(22)11-4-6-25-7-5-11/h1-3,10-12H,4-9H2. The van der Waals surface area contributed by atoms with Crippen LogP contribution in [0.25, 0.3) is 11.0 Å². The lowest BCUT2D eigenvalue weighted by Gasteiger charge is -2.39. The number of ether oxygens (including phenoxy) is 1. The number of nitrogens with zero attached hydrogens (tertiary/aromatic N) is 6. The van der Waals surface area contributed by atoms with Gasteiger partial charge in [-0.25, -0.2) is 8.42 Å². The summed E-state index contributed by atoms with van der Waals surface area (Å²) in [5.41, 5.74) is 1.05. The predicted octanol–water partition coefficient (Wildman–Crippen LogP) is 1.42. The quantitative estimate of drug-likeness (QED) is 0.645. The van der Waals surface area contributed by atoms with Crippen molar-refractivity contribution in [3.63, 3.8) is 0 Å². The maximum absolute atomic E-state index is 13.0. The first kappa shape index (κ1) is 17.2. The van der Waals surface area contributed by atoms with Crippen molar-refractivity contribution in [2.24, 2.45) is 0 Å². The summed E-state index contributed by atoms with van der Waals surface area (Å²) in [6.07, 6.45) is 3.56. The fraction of sp³-hybridized carbons (Fsp3) is 0.500. The number of hydrogen-bond acceptors (Lipinski definition) is 8. The molecule has 27 heavy (non-hydrogen) atoms. The number of fused-ring (bicyclic) bond motifs is 1. The highest BCUT2D eigenvalue weighted by atomic mass is 32.2. The number of rotatable bonds is 4. The molecule has 2 aliphatic rings. The maximum atomic E-state index is 13.0. The monoisotopic (exact) mass is 406 g/mol. The summed E-state index contributed by atoms with van der Waals surface area (Å²) in [5.74, 6) is 1.26. The van der Waals surface area contributed by atoms with Crippen LogP contribution in [0.3, 0.4) is 0 Å². The van der Waals surface area contributed by atoms with E-state index in [-0.39, 0.29) is 10.9 Å². The van der Waals surface area contributed by atoms with Gasteiger partial charge in [-0.2, -0.15) is 13.1 Å². The average Bonchev–Trinajstić information content (AvgIpc) is 3.30. The lowest BCUT2D eigenvalue weighted by molar-refractivity contribution is 0.0811. The fourth-order valence-electron chi connectivity index (χ4n) is 3.70. The van der Waals surface area contributed by atoms with Crippen molar-refractivity contribution in [3.8, 4) is 0 Å². The Balaban J connectivity index is 1.36. The van der Waals surface area contributed by atoms with Crippen molar-refractivity contribution < 1.29 is 13.2 Å². The van der Waals surface area contributed by atoms with Crippen LogP contribution in [0, 0.1) is 0 Å². The summed E-state index contributed by atoms with van der Waals surface area (Å²) in [4.78, 5) is 0.223. The van der Waals surface area contributed by atoms with Gasteiger partial charge in [-0.15, -0.1) is 10.2 Å². The van der Waals surface area contributed by atoms with Crippen LogP contribution in [0.5, 0.6) is 0 Å². The molecule has 0 aliphatic carbocycles. The molecule has 5 rings (SSSR count). The molecule has 2 aliphatic heterocycles. The molecular weight excluding hydrogens is 388 g/mol. The summed E-state index contributed by atoms with van der Waals surface area (Å²) in [6.45, 7) is 2.28. The van der Waals surface area contributed by atoms with E-state index in [1.165, 1.54) is 4.31 Å². The van der Waals surface area contributed by atoms with Gasteiger partial charge in [0.25, 0.3) is 0 Å². The zero-order valence-corrected chi connectivity index (χ0v) is 16.1. The Labute approximate surface area is 160 Å². The van der Waals surface area contributed by atoms with Crippen LogP contribution >= 0.6 is 11.7 Å². The Morgan fingerprint density at radius 3 is 2.78 bits per heavy atom. The van der Waals surface area contributed by atoms with Crippen LogP contribution in [-0.2, 0) is 14.8 Å². The van der Waals surface area contributed by atoms with E-state index in [1.807, 2.05) is 4.57 Å². The average molecular weight is 406 g/mol. The van der Waals surface area contributed by atoms with Crippen molar-refractivity contribution in [2.75, 3.05) is 26.3 Å². The van der Waals surface area contributed by atoms with Gasteiger partial charge in [0.05, 0.1) is 17.8 Å². The lowest BCUT2D eigenvalue weighted by atomic mass is 9.98. The summed E-state index contributed by atoms with van der Waals surface area (Å²) in [6, 6.07) is 5.13. The predicted molar refractivity (Wildman–Crippen MR) is 98.0 cm³/mol. The molecule has 9 nitrogen and oxygen atoms in total. The van der Waals surface area contributed by atoms with Gasteiger partial charge >= 0.3 is 0 Å². The molecule has 2 saturated heterocycles. The molecule has 3 aromatic rings. The molecule has 142 valence electrons. The Morgan fingerprint density at radius 2 is 1.96 bits per heavy atom. The number of benzene rings is 1. The molecule has 2 aromatic heterocycles. The molecule has 11 heteroatoms. The molecule has 0 unspecified atom stereocenters. The van der Waals surface area contributed by atoms with E-state index in [0.29, 0.717) is 30.0 Å². The van der Waals surface area contributed by atoms with Crippen LogP contribution in [-0.4, -0.2) is 62.5 Å². The highest BCUT2D eigenvalue weighted by Crippen LogP contribution is 2.34. The minimum Gasteiger partial charge on any atom is -0.381 e. The van der Waals surface area contributed by atoms with Crippen LogP contribution in [0.1, 0.15) is 30.6 Å². The third-order valence-electron chi connectivity index (χ3n) is 5.28. The Morgan fingerprint density at radius 1 is 1.15 bits per heavy atom. The van der Waals surface area contributed by atoms with E-state index < -0.39 is 10.0 Å². The van der Waals surface area contributed by atoms with E-state index >= 15 is 0 Å². The zero-order chi connectivity index (χ0) is 18.4. The SMILES string of the molecule is O=S(=O)(c1cccc2nsnc12)N1CC(n2cnnc2C2CCOCC2)C1. The fourth-order valence-corrected chi connectivity index (χ4v) is 5.97. The van der Waals surface area contributed by atoms with Crippen molar-refractivity contribution >= 4 is 32.8 Å². The van der Waals surface area contributed by atoms with E-state index in [2.05, 4.69) is 18.9 Å². The van der Waals surface area contributed by atoms with Crippen molar-refractivity contribution in [2.45, 2.75) is 29.7 Å². The van der Waals surface area contributed by atoms with Crippen LogP contribution in [0.4, 0.5) is 0 Å². The highest BCUT2D eigenvalue weighted by molar-refractivity contribution is 7.89. The molecule has 0 N–H and O–H groups in total. The molecule has 0 amide bonds. The largest absolute Gasteiger partial charge is 0.381 e. The molecule has 0 radical (unpaired) electrons. The smallest absolute Gasteiger partial charge is 0.245 e. The molecule has 0 saturated carbocycles. The molecule has 0 bridgehead atoms. The minimum absolute atomic E-state index is 0.0559. The highest BCUT2D eigenvalue weighted by Gasteiger charge is 2.40. The number of sulfonamides is 1. The minimum atomic E-state index is -3.60. The van der Waals surface area contributed by atoms with Gasteiger partial charge in [-0.1, -0.05) is 6.07 Å². The van der Waals surface area contributed by atoms with Crippen molar-refractivity contribution in [1.82, 2.24) is 27.8 Å². The first-order valence-electron chi connectivity index (χ1n) is 8.83. The third-order valence-corrected chi connectivity index (χ3v) is 7.68. The van der Waals surface area contributed by atoms with Crippen LogP contribution in [0.2, 0.25) is 0 Å². The van der Waals surface area contributed by atoms with Gasteiger partial charge in [-0.05, 0) is 25.0 Å². The van der Waals surface area contributed by atoms with Gasteiger partial charge in [0.2, 0.25) is 10.0 Å². The molecule has 1 aromatic carbocycles. The van der Waals surface area contributed by atoms with Gasteiger partial charge in [-0.3, -0.25) is 0 Å². The van der Waals surface area contributed by atoms with E-state index in [9.17, 15) is 8.42 Å². The second-order valence-corrected chi connectivity index (χ2v) is 9.28. The van der Waals surface area contributed by atoms with E-state index in [4.69, 9.17) is 4.74 Å². The summed E-state index contributed by atoms with van der Waals surface area (Å²) < 4.78 is 43.3. The Hall–Kier alpha value is -1.95. The van der Waals surface area contributed by atoms with E-state index in [1.54, 1.807) is 24.5 Å². The van der Waals surface area contributed by atoms with Gasteiger partial charge < -0.3 is 9.30 Å². The van der Waals surface area contributed by atoms with Crippen molar-refractivity contribution in [3.05, 3.63) is 30.4 Å². The van der Waals surface area contributed by atoms with Crippen LogP contribution < -0.4 is 0 Å². The zero-order valence-electron chi connectivity index (χ0n) is 14.4. The Bertz CT molecular complexity index is 1070. The van der Waals surface area contributed by atoms with Gasteiger partial charge in [0, 0.05) is 32.2 Å². The first-order valence-corrected chi connectivity index (χ1v) is 11.0. The second-order valence-electron chi connectivity index (χ2n) is 6.85. The molecule has 0 spiro atoms. The molecule has 0 atom stereocenters. The summed E-state index contributed by atoms with van der Waals surface area (Å²) in [5, 5.41) is 8.36. The maximum Gasteiger partial charge on any atom is 0.245 e. The van der Waals surface area contributed by atoms with Gasteiger partial charge in [0.1, 0.15) is 28.1 Å².